The summed E-state index contributed by atoms with van der Waals surface area (Å²) >= 11 is 0. The highest BCUT2D eigenvalue weighted by Gasteiger charge is 2.17. The Bertz CT molecular complexity index is 518. The summed E-state index contributed by atoms with van der Waals surface area (Å²) in [4.78, 5) is 11.7. The zero-order valence-corrected chi connectivity index (χ0v) is 10.3. The molecule has 96 valence electrons. The van der Waals surface area contributed by atoms with Crippen molar-refractivity contribution in [3.63, 3.8) is 0 Å². The Morgan fingerprint density at radius 1 is 1.39 bits per heavy atom. The van der Waals surface area contributed by atoms with Crippen LogP contribution in [0.3, 0.4) is 0 Å². The number of hydrogen-bond acceptors (Lipinski definition) is 6. The molecule has 2 heterocycles. The van der Waals surface area contributed by atoms with Crippen LogP contribution in [0.1, 0.15) is 23.4 Å². The molecule has 0 aliphatic heterocycles. The molecule has 0 radical (unpaired) electrons. The summed E-state index contributed by atoms with van der Waals surface area (Å²) in [5.74, 6) is 0.421. The molecular formula is C10H14N6O2. The maximum atomic E-state index is 11.7. The maximum absolute atomic E-state index is 11.7. The number of esters is 1. The van der Waals surface area contributed by atoms with E-state index in [1.165, 1.54) is 0 Å². The van der Waals surface area contributed by atoms with Crippen LogP contribution in [0.15, 0.2) is 12.4 Å². The van der Waals surface area contributed by atoms with Crippen LogP contribution in [-0.2, 0) is 17.8 Å². The van der Waals surface area contributed by atoms with Crippen molar-refractivity contribution in [1.82, 2.24) is 29.8 Å². The predicted molar refractivity (Wildman–Crippen MR) is 60.7 cm³/mol. The van der Waals surface area contributed by atoms with Gasteiger partial charge in [0, 0.05) is 12.7 Å². The van der Waals surface area contributed by atoms with Crippen LogP contribution in [0.5, 0.6) is 0 Å². The van der Waals surface area contributed by atoms with Gasteiger partial charge in [0.1, 0.15) is 5.82 Å². The highest BCUT2D eigenvalue weighted by atomic mass is 16.5. The zero-order chi connectivity index (χ0) is 13.0. The summed E-state index contributed by atoms with van der Waals surface area (Å²) in [6, 6.07) is 0. The molecular weight excluding hydrogens is 236 g/mol. The average Bonchev–Trinajstić information content (AvgIpc) is 2.96. The molecule has 0 aliphatic rings. The minimum atomic E-state index is -0.461. The summed E-state index contributed by atoms with van der Waals surface area (Å²) in [7, 11) is 0. The fourth-order valence-corrected chi connectivity index (χ4v) is 1.55. The minimum absolute atomic E-state index is 0.217. The molecule has 2 rings (SSSR count). The topological polar surface area (TPSA) is 87.7 Å². The van der Waals surface area contributed by atoms with E-state index in [9.17, 15) is 4.79 Å². The fraction of sp³-hybridized carbons (Fsp3) is 0.500. The first kappa shape index (κ1) is 12.2. The summed E-state index contributed by atoms with van der Waals surface area (Å²) in [5.41, 5.74) is 0. The van der Waals surface area contributed by atoms with Gasteiger partial charge in [-0.05, 0) is 13.8 Å². The molecule has 0 bridgehead atoms. The van der Waals surface area contributed by atoms with Gasteiger partial charge in [-0.2, -0.15) is 0 Å². The Hall–Kier alpha value is -2.25. The van der Waals surface area contributed by atoms with Crippen molar-refractivity contribution in [1.29, 1.82) is 0 Å². The molecule has 0 fully saturated rings. The molecule has 0 unspecified atom stereocenters. The third kappa shape index (κ3) is 2.53. The highest BCUT2D eigenvalue weighted by Crippen LogP contribution is 2.04. The number of hydrogen-bond donors (Lipinski definition) is 0. The van der Waals surface area contributed by atoms with E-state index in [1.54, 1.807) is 35.5 Å². The monoisotopic (exact) mass is 250 g/mol. The average molecular weight is 250 g/mol. The Labute approximate surface area is 104 Å². The second-order valence-electron chi connectivity index (χ2n) is 3.61. The van der Waals surface area contributed by atoms with Crippen LogP contribution in [0, 0.1) is 6.92 Å². The normalized spacial score (nSPS) is 10.6. The lowest BCUT2D eigenvalue weighted by atomic mass is 10.5. The minimum Gasteiger partial charge on any atom is -0.460 e. The number of rotatable bonds is 5. The van der Waals surface area contributed by atoms with Crippen molar-refractivity contribution in [2.45, 2.75) is 26.9 Å². The van der Waals surface area contributed by atoms with Crippen LogP contribution in [0.4, 0.5) is 0 Å². The number of carbonyl (C=O) groups is 1. The van der Waals surface area contributed by atoms with E-state index < -0.39 is 5.97 Å². The Kier molecular flexibility index (Phi) is 3.66. The van der Waals surface area contributed by atoms with E-state index in [1.807, 2.05) is 0 Å². The van der Waals surface area contributed by atoms with E-state index in [0.717, 1.165) is 0 Å². The van der Waals surface area contributed by atoms with Gasteiger partial charge in [-0.25, -0.2) is 4.79 Å². The van der Waals surface area contributed by atoms with Crippen molar-refractivity contribution in [2.24, 2.45) is 0 Å². The van der Waals surface area contributed by atoms with E-state index in [-0.39, 0.29) is 5.82 Å². The second-order valence-corrected chi connectivity index (χ2v) is 3.61. The van der Waals surface area contributed by atoms with Gasteiger partial charge in [0.25, 0.3) is 0 Å². The van der Waals surface area contributed by atoms with Gasteiger partial charge in [-0.3, -0.25) is 4.68 Å². The molecule has 2 aromatic rings. The standard InChI is InChI=1S/C10H14N6O2/c1-3-18-10(17)9-13-12-8(2)16(9)7-6-15-5-4-11-14-15/h4-5H,3,6-7H2,1-2H3. The molecule has 0 saturated heterocycles. The van der Waals surface area contributed by atoms with E-state index in [2.05, 4.69) is 20.5 Å². The summed E-state index contributed by atoms with van der Waals surface area (Å²) in [6.07, 6.45) is 3.36. The van der Waals surface area contributed by atoms with Gasteiger partial charge >= 0.3 is 5.97 Å². The van der Waals surface area contributed by atoms with Gasteiger partial charge in [0.15, 0.2) is 0 Å². The van der Waals surface area contributed by atoms with Crippen molar-refractivity contribution in [2.75, 3.05) is 6.61 Å². The van der Waals surface area contributed by atoms with Crippen LogP contribution in [0.2, 0.25) is 0 Å². The SMILES string of the molecule is CCOC(=O)c1nnc(C)n1CCn1ccnn1. The molecule has 2 aromatic heterocycles. The third-order valence-electron chi connectivity index (χ3n) is 2.42. The summed E-state index contributed by atoms with van der Waals surface area (Å²) in [6.45, 7) is 4.98. The van der Waals surface area contributed by atoms with E-state index in [4.69, 9.17) is 4.74 Å². The molecule has 0 aromatic carbocycles. The van der Waals surface area contributed by atoms with Gasteiger partial charge in [0.2, 0.25) is 5.82 Å². The Morgan fingerprint density at radius 3 is 2.89 bits per heavy atom. The highest BCUT2D eigenvalue weighted by molar-refractivity contribution is 5.85. The van der Waals surface area contributed by atoms with Crippen molar-refractivity contribution < 1.29 is 9.53 Å². The molecule has 18 heavy (non-hydrogen) atoms. The second kappa shape index (κ2) is 5.39. The largest absolute Gasteiger partial charge is 0.460 e. The van der Waals surface area contributed by atoms with Crippen LogP contribution >= 0.6 is 0 Å². The Balaban J connectivity index is 2.11. The smallest absolute Gasteiger partial charge is 0.376 e. The Morgan fingerprint density at radius 2 is 2.22 bits per heavy atom. The predicted octanol–water partition coefficient (Wildman–Crippen LogP) is 0.0549. The van der Waals surface area contributed by atoms with Crippen LogP contribution in [0.25, 0.3) is 0 Å². The van der Waals surface area contributed by atoms with Crippen molar-refractivity contribution in [3.05, 3.63) is 24.0 Å². The molecule has 0 amide bonds. The lowest BCUT2D eigenvalue weighted by molar-refractivity contribution is 0.0505. The van der Waals surface area contributed by atoms with Crippen molar-refractivity contribution in [3.8, 4) is 0 Å². The molecule has 0 spiro atoms. The van der Waals surface area contributed by atoms with Gasteiger partial charge in [-0.1, -0.05) is 5.21 Å². The summed E-state index contributed by atoms with van der Waals surface area (Å²) in [5, 5.41) is 15.3. The van der Waals surface area contributed by atoms with Gasteiger partial charge < -0.3 is 9.30 Å². The first-order valence-corrected chi connectivity index (χ1v) is 5.63. The number of aryl methyl sites for hydroxylation is 2. The lowest BCUT2D eigenvalue weighted by Gasteiger charge is -2.07. The summed E-state index contributed by atoms with van der Waals surface area (Å²) < 4.78 is 8.30. The number of ether oxygens (including phenoxy) is 1. The molecule has 0 saturated carbocycles. The first-order valence-electron chi connectivity index (χ1n) is 5.63. The maximum Gasteiger partial charge on any atom is 0.376 e. The molecule has 8 nitrogen and oxygen atoms in total. The quantitative estimate of drug-likeness (QED) is 0.697. The molecule has 0 aliphatic carbocycles. The van der Waals surface area contributed by atoms with E-state index >= 15 is 0 Å². The van der Waals surface area contributed by atoms with Gasteiger partial charge in [-0.15, -0.1) is 15.3 Å². The number of carbonyl (C=O) groups excluding carboxylic acids is 1. The molecule has 0 N–H and O–H groups in total. The first-order chi connectivity index (χ1) is 8.72. The zero-order valence-electron chi connectivity index (χ0n) is 10.3. The van der Waals surface area contributed by atoms with Crippen LogP contribution in [-0.4, -0.2) is 42.3 Å². The fourth-order valence-electron chi connectivity index (χ4n) is 1.55. The van der Waals surface area contributed by atoms with Crippen molar-refractivity contribution >= 4 is 5.97 Å². The lowest BCUT2D eigenvalue weighted by Crippen LogP contribution is -2.17. The van der Waals surface area contributed by atoms with Crippen LogP contribution < -0.4 is 0 Å². The molecule has 8 heteroatoms. The van der Waals surface area contributed by atoms with Gasteiger partial charge in [0.05, 0.1) is 19.3 Å². The number of aromatic nitrogens is 6. The molecule has 0 atom stereocenters. The van der Waals surface area contributed by atoms with E-state index in [0.29, 0.717) is 25.5 Å². The third-order valence-corrected chi connectivity index (χ3v) is 2.42. The number of nitrogens with zero attached hydrogens (tertiary/aromatic N) is 6.